The molecule has 0 spiro atoms. The molecule has 0 bridgehead atoms. The highest BCUT2D eigenvalue weighted by Gasteiger charge is 2.11. The molecule has 19 heavy (non-hydrogen) atoms. The van der Waals surface area contributed by atoms with Gasteiger partial charge in [-0.3, -0.25) is 4.98 Å². The normalized spacial score (nSPS) is 13.1. The third-order valence-electron chi connectivity index (χ3n) is 3.55. The molecule has 0 saturated carbocycles. The van der Waals surface area contributed by atoms with E-state index in [2.05, 4.69) is 35.4 Å². The monoisotopic (exact) mass is 254 g/mol. The van der Waals surface area contributed by atoms with Gasteiger partial charge < -0.3 is 10.1 Å². The van der Waals surface area contributed by atoms with Gasteiger partial charge in [-0.1, -0.05) is 12.1 Å². The van der Waals surface area contributed by atoms with E-state index in [0.717, 1.165) is 31.9 Å². The molecule has 2 heterocycles. The second-order valence-electron chi connectivity index (χ2n) is 4.95. The van der Waals surface area contributed by atoms with E-state index in [1.807, 2.05) is 18.5 Å². The van der Waals surface area contributed by atoms with Crippen molar-refractivity contribution in [3.8, 4) is 5.75 Å². The van der Waals surface area contributed by atoms with Gasteiger partial charge in [0.1, 0.15) is 5.75 Å². The van der Waals surface area contributed by atoms with E-state index >= 15 is 0 Å². The Morgan fingerprint density at radius 2 is 2.21 bits per heavy atom. The number of rotatable bonds is 4. The van der Waals surface area contributed by atoms with Gasteiger partial charge in [-0.25, -0.2) is 0 Å². The molecule has 0 unspecified atom stereocenters. The second-order valence-corrected chi connectivity index (χ2v) is 4.95. The molecule has 1 aliphatic heterocycles. The summed E-state index contributed by atoms with van der Waals surface area (Å²) in [5, 5.41) is 3.47. The van der Waals surface area contributed by atoms with E-state index in [9.17, 15) is 0 Å². The lowest BCUT2D eigenvalue weighted by Gasteiger charge is -2.08. The van der Waals surface area contributed by atoms with E-state index < -0.39 is 0 Å². The van der Waals surface area contributed by atoms with Gasteiger partial charge in [0.15, 0.2) is 0 Å². The van der Waals surface area contributed by atoms with Crippen LogP contribution in [0.5, 0.6) is 5.75 Å². The lowest BCUT2D eigenvalue weighted by molar-refractivity contribution is 0.357. The first kappa shape index (κ1) is 12.2. The first-order valence-corrected chi connectivity index (χ1v) is 6.68. The highest BCUT2D eigenvalue weighted by Crippen LogP contribution is 2.25. The SMILES string of the molecule is Cc1ccncc1CNCc1ccc2c(c1)CCO2. The highest BCUT2D eigenvalue weighted by atomic mass is 16.5. The van der Waals surface area contributed by atoms with Crippen LogP contribution in [0.15, 0.2) is 36.7 Å². The molecule has 0 fully saturated rings. The Balaban J connectivity index is 1.59. The fourth-order valence-corrected chi connectivity index (χ4v) is 2.37. The van der Waals surface area contributed by atoms with Gasteiger partial charge in [-0.05, 0) is 41.3 Å². The van der Waals surface area contributed by atoms with Crippen molar-refractivity contribution < 1.29 is 4.74 Å². The van der Waals surface area contributed by atoms with Gasteiger partial charge in [-0.2, -0.15) is 0 Å². The maximum absolute atomic E-state index is 5.51. The Morgan fingerprint density at radius 3 is 3.11 bits per heavy atom. The Labute approximate surface area is 113 Å². The van der Waals surface area contributed by atoms with Crippen LogP contribution in [0.1, 0.15) is 22.3 Å². The average Bonchev–Trinajstić information content (AvgIpc) is 2.88. The van der Waals surface area contributed by atoms with Crippen molar-refractivity contribution in [1.29, 1.82) is 0 Å². The summed E-state index contributed by atoms with van der Waals surface area (Å²) in [6.45, 7) is 4.67. The Kier molecular flexibility index (Phi) is 3.47. The van der Waals surface area contributed by atoms with Crippen LogP contribution < -0.4 is 10.1 Å². The van der Waals surface area contributed by atoms with Crippen molar-refractivity contribution in [2.24, 2.45) is 0 Å². The van der Waals surface area contributed by atoms with Crippen molar-refractivity contribution in [3.63, 3.8) is 0 Å². The number of pyridine rings is 1. The number of aryl methyl sites for hydroxylation is 1. The fraction of sp³-hybridized carbons (Fsp3) is 0.312. The molecule has 1 N–H and O–H groups in total. The van der Waals surface area contributed by atoms with Crippen LogP contribution in [-0.4, -0.2) is 11.6 Å². The summed E-state index contributed by atoms with van der Waals surface area (Å²) in [7, 11) is 0. The topological polar surface area (TPSA) is 34.2 Å². The minimum absolute atomic E-state index is 0.821. The van der Waals surface area contributed by atoms with Crippen molar-refractivity contribution in [2.45, 2.75) is 26.4 Å². The smallest absolute Gasteiger partial charge is 0.122 e. The van der Waals surface area contributed by atoms with Crippen LogP contribution in [-0.2, 0) is 19.5 Å². The molecule has 1 aromatic heterocycles. The van der Waals surface area contributed by atoms with Crippen LogP contribution >= 0.6 is 0 Å². The molecule has 0 atom stereocenters. The quantitative estimate of drug-likeness (QED) is 0.910. The largest absolute Gasteiger partial charge is 0.493 e. The highest BCUT2D eigenvalue weighted by molar-refractivity contribution is 5.39. The zero-order chi connectivity index (χ0) is 13.1. The summed E-state index contributed by atoms with van der Waals surface area (Å²) >= 11 is 0. The third-order valence-corrected chi connectivity index (χ3v) is 3.55. The Morgan fingerprint density at radius 1 is 1.26 bits per heavy atom. The summed E-state index contributed by atoms with van der Waals surface area (Å²) in [5.74, 6) is 1.05. The maximum Gasteiger partial charge on any atom is 0.122 e. The van der Waals surface area contributed by atoms with Crippen molar-refractivity contribution in [3.05, 3.63) is 58.9 Å². The van der Waals surface area contributed by atoms with Gasteiger partial charge in [0.2, 0.25) is 0 Å². The van der Waals surface area contributed by atoms with Crippen molar-refractivity contribution >= 4 is 0 Å². The summed E-state index contributed by atoms with van der Waals surface area (Å²) in [4.78, 5) is 4.16. The second kappa shape index (κ2) is 5.41. The number of aromatic nitrogens is 1. The lowest BCUT2D eigenvalue weighted by Crippen LogP contribution is -2.13. The molecular formula is C16H18N2O. The summed E-state index contributed by atoms with van der Waals surface area (Å²) < 4.78 is 5.51. The van der Waals surface area contributed by atoms with Crippen LogP contribution in [0.2, 0.25) is 0 Å². The zero-order valence-electron chi connectivity index (χ0n) is 11.1. The minimum atomic E-state index is 0.821. The van der Waals surface area contributed by atoms with Crippen LogP contribution in [0.4, 0.5) is 0 Å². The van der Waals surface area contributed by atoms with Gasteiger partial charge in [0.25, 0.3) is 0 Å². The van der Waals surface area contributed by atoms with Gasteiger partial charge >= 0.3 is 0 Å². The molecule has 0 amide bonds. The van der Waals surface area contributed by atoms with E-state index in [1.54, 1.807) is 0 Å². The fourth-order valence-electron chi connectivity index (χ4n) is 2.37. The van der Waals surface area contributed by atoms with Crippen molar-refractivity contribution in [1.82, 2.24) is 10.3 Å². The van der Waals surface area contributed by atoms with Crippen LogP contribution in [0, 0.1) is 6.92 Å². The number of ether oxygens (including phenoxy) is 1. The van der Waals surface area contributed by atoms with Crippen molar-refractivity contribution in [2.75, 3.05) is 6.61 Å². The molecule has 0 saturated heterocycles. The van der Waals surface area contributed by atoms with E-state index in [1.165, 1.54) is 22.3 Å². The number of hydrogen-bond donors (Lipinski definition) is 1. The Hall–Kier alpha value is -1.87. The number of hydrogen-bond acceptors (Lipinski definition) is 3. The number of benzene rings is 1. The lowest BCUT2D eigenvalue weighted by atomic mass is 10.1. The molecule has 0 aliphatic carbocycles. The number of nitrogens with one attached hydrogen (secondary N) is 1. The van der Waals surface area contributed by atoms with Crippen LogP contribution in [0.25, 0.3) is 0 Å². The molecule has 3 rings (SSSR count). The predicted octanol–water partition coefficient (Wildman–Crippen LogP) is 2.61. The molecule has 98 valence electrons. The van der Waals surface area contributed by atoms with Crippen LogP contribution in [0.3, 0.4) is 0 Å². The standard InChI is InChI=1S/C16H18N2O/c1-12-4-6-17-10-15(12)11-18-9-13-2-3-16-14(8-13)5-7-19-16/h2-4,6,8,10,18H,5,7,9,11H2,1H3. The predicted molar refractivity (Wildman–Crippen MR) is 75.2 cm³/mol. The molecule has 3 heteroatoms. The van der Waals surface area contributed by atoms with E-state index in [-0.39, 0.29) is 0 Å². The zero-order valence-corrected chi connectivity index (χ0v) is 11.1. The summed E-state index contributed by atoms with van der Waals surface area (Å²) in [6, 6.07) is 8.50. The molecule has 0 radical (unpaired) electrons. The molecule has 2 aromatic rings. The van der Waals surface area contributed by atoms with E-state index in [0.29, 0.717) is 0 Å². The summed E-state index contributed by atoms with van der Waals surface area (Å²) in [6.07, 6.45) is 4.79. The van der Waals surface area contributed by atoms with Gasteiger partial charge in [0.05, 0.1) is 6.61 Å². The average molecular weight is 254 g/mol. The minimum Gasteiger partial charge on any atom is -0.493 e. The van der Waals surface area contributed by atoms with Gasteiger partial charge in [-0.15, -0.1) is 0 Å². The molecular weight excluding hydrogens is 236 g/mol. The Bertz CT molecular complexity index is 581. The summed E-state index contributed by atoms with van der Waals surface area (Å²) in [5.41, 5.74) is 5.18. The third kappa shape index (κ3) is 2.76. The maximum atomic E-state index is 5.51. The number of fused-ring (bicyclic) bond motifs is 1. The molecule has 1 aromatic carbocycles. The first-order chi connectivity index (χ1) is 9.33. The molecule has 3 nitrogen and oxygen atoms in total. The first-order valence-electron chi connectivity index (χ1n) is 6.68. The number of nitrogens with zero attached hydrogens (tertiary/aromatic N) is 1. The van der Waals surface area contributed by atoms with E-state index in [4.69, 9.17) is 4.74 Å². The van der Waals surface area contributed by atoms with Gasteiger partial charge in [0, 0.05) is 31.9 Å². The molecule has 1 aliphatic rings.